The molecule has 0 aliphatic heterocycles. The second kappa shape index (κ2) is 15.2. The van der Waals surface area contributed by atoms with Crippen LogP contribution in [0.1, 0.15) is 0 Å². The second-order valence-electron chi connectivity index (χ2n) is 12.2. The molecular weight excluding hydrogens is 768 g/mol. The summed E-state index contributed by atoms with van der Waals surface area (Å²) in [6, 6.07) is 59.2. The third-order valence-electron chi connectivity index (χ3n) is 8.98. The molecule has 8 rings (SSSR count). The fourth-order valence-electron chi connectivity index (χ4n) is 6.60. The van der Waals surface area contributed by atoms with Gasteiger partial charge in [-0.15, -0.1) is 0 Å². The fourth-order valence-corrected chi connectivity index (χ4v) is 7.66. The lowest BCUT2D eigenvalue weighted by molar-refractivity contribution is 1.27. The number of aromatic nitrogens is 2. The molecule has 6 aromatic carbocycles. The Hall–Kier alpha value is -5.82. The molecular formula is C46H32Br2N4. The second-order valence-corrected chi connectivity index (χ2v) is 13.9. The van der Waals surface area contributed by atoms with Crippen molar-refractivity contribution >= 4 is 66.0 Å². The summed E-state index contributed by atoms with van der Waals surface area (Å²) in [6.07, 6.45) is 7.60. The number of hydrogen-bond donors (Lipinski definition) is 0. The van der Waals surface area contributed by atoms with Crippen LogP contribution in [0.5, 0.6) is 0 Å². The molecule has 250 valence electrons. The highest BCUT2D eigenvalue weighted by Crippen LogP contribution is 2.46. The lowest BCUT2D eigenvalue weighted by Crippen LogP contribution is -2.09. The standard InChI is InChI=1S/C46H32Br2N4/c47-43-31-49-29-41(33-21-25-39(26-22-33)51(35-13-5-1-6-14-35)36-15-7-2-8-16-36)45(43)46-42(30-50-32-44(46)48)34-23-27-40(28-24-34)52(37-17-9-3-10-18-37)38-19-11-4-12-20-38/h1-32H. The van der Waals surface area contributed by atoms with E-state index in [0.717, 1.165) is 76.5 Å². The SMILES string of the molecule is Brc1cncc(-c2ccc(N(c3ccccc3)c3ccccc3)cc2)c1-c1c(Br)cncc1-c1ccc(N(c2ccccc2)c2ccccc2)cc1. The smallest absolute Gasteiger partial charge is 0.0462 e. The highest BCUT2D eigenvalue weighted by Gasteiger charge is 2.21. The Morgan fingerprint density at radius 1 is 0.308 bits per heavy atom. The summed E-state index contributed by atoms with van der Waals surface area (Å²) < 4.78 is 1.79. The predicted molar refractivity (Wildman–Crippen MR) is 223 cm³/mol. The predicted octanol–water partition coefficient (Wildman–Crippen LogP) is 13.9. The van der Waals surface area contributed by atoms with Gasteiger partial charge in [0.2, 0.25) is 0 Å². The lowest BCUT2D eigenvalue weighted by Gasteiger charge is -2.26. The van der Waals surface area contributed by atoms with E-state index in [2.05, 4.69) is 197 Å². The topological polar surface area (TPSA) is 32.3 Å². The van der Waals surface area contributed by atoms with E-state index in [1.165, 1.54) is 0 Å². The highest BCUT2D eigenvalue weighted by atomic mass is 79.9. The van der Waals surface area contributed by atoms with Crippen LogP contribution in [0.2, 0.25) is 0 Å². The van der Waals surface area contributed by atoms with Gasteiger partial charge >= 0.3 is 0 Å². The molecule has 52 heavy (non-hydrogen) atoms. The maximum Gasteiger partial charge on any atom is 0.0462 e. The van der Waals surface area contributed by atoms with E-state index in [1.54, 1.807) is 0 Å². The van der Waals surface area contributed by atoms with Gasteiger partial charge in [0.15, 0.2) is 0 Å². The molecule has 0 saturated heterocycles. The number of hydrogen-bond acceptors (Lipinski definition) is 4. The monoisotopic (exact) mass is 798 g/mol. The molecule has 0 bridgehead atoms. The van der Waals surface area contributed by atoms with Crippen molar-refractivity contribution in [1.29, 1.82) is 0 Å². The summed E-state index contributed by atoms with van der Waals surface area (Å²) in [5.74, 6) is 0. The minimum atomic E-state index is 0.897. The van der Waals surface area contributed by atoms with Crippen molar-refractivity contribution in [3.63, 3.8) is 0 Å². The van der Waals surface area contributed by atoms with Crippen LogP contribution in [0.15, 0.2) is 204 Å². The summed E-state index contributed by atoms with van der Waals surface area (Å²) in [4.78, 5) is 13.8. The molecule has 2 aromatic heterocycles. The number of halogens is 2. The van der Waals surface area contributed by atoms with Crippen LogP contribution in [0, 0.1) is 0 Å². The zero-order chi connectivity index (χ0) is 35.3. The van der Waals surface area contributed by atoms with Gasteiger partial charge in [0.05, 0.1) is 0 Å². The molecule has 0 radical (unpaired) electrons. The molecule has 2 heterocycles. The Kier molecular flexibility index (Phi) is 9.74. The molecule has 0 aliphatic carbocycles. The van der Waals surface area contributed by atoms with Crippen LogP contribution in [0.3, 0.4) is 0 Å². The van der Waals surface area contributed by atoms with Gasteiger partial charge in [-0.05, 0) is 116 Å². The zero-order valence-electron chi connectivity index (χ0n) is 28.0. The first-order chi connectivity index (χ1) is 25.7. The minimum Gasteiger partial charge on any atom is -0.311 e. The van der Waals surface area contributed by atoms with E-state index >= 15 is 0 Å². The molecule has 0 amide bonds. The van der Waals surface area contributed by atoms with Gasteiger partial charge in [0, 0.05) is 90.1 Å². The van der Waals surface area contributed by atoms with Gasteiger partial charge in [-0.3, -0.25) is 9.97 Å². The van der Waals surface area contributed by atoms with Crippen LogP contribution < -0.4 is 9.80 Å². The quantitative estimate of drug-likeness (QED) is 0.146. The Balaban J connectivity index is 1.19. The van der Waals surface area contributed by atoms with Crippen molar-refractivity contribution in [2.45, 2.75) is 0 Å². The Bertz CT molecular complexity index is 2150. The van der Waals surface area contributed by atoms with Crippen LogP contribution in [-0.2, 0) is 0 Å². The van der Waals surface area contributed by atoms with E-state index in [9.17, 15) is 0 Å². The summed E-state index contributed by atoms with van der Waals surface area (Å²) >= 11 is 7.77. The van der Waals surface area contributed by atoms with Crippen molar-refractivity contribution in [3.05, 3.63) is 204 Å². The first-order valence-electron chi connectivity index (χ1n) is 16.9. The highest BCUT2D eigenvalue weighted by molar-refractivity contribution is 9.11. The van der Waals surface area contributed by atoms with E-state index in [1.807, 2.05) is 49.1 Å². The number of rotatable bonds is 9. The van der Waals surface area contributed by atoms with Gasteiger partial charge in [-0.25, -0.2) is 0 Å². The van der Waals surface area contributed by atoms with Gasteiger partial charge in [0.1, 0.15) is 0 Å². The Morgan fingerprint density at radius 2 is 0.577 bits per heavy atom. The summed E-state index contributed by atoms with van der Waals surface area (Å²) in [5, 5.41) is 0. The van der Waals surface area contributed by atoms with Gasteiger partial charge < -0.3 is 9.80 Å². The summed E-state index contributed by atoms with van der Waals surface area (Å²) in [7, 11) is 0. The molecule has 0 spiro atoms. The van der Waals surface area contributed by atoms with Crippen LogP contribution in [0.4, 0.5) is 34.1 Å². The van der Waals surface area contributed by atoms with Crippen molar-refractivity contribution < 1.29 is 0 Å². The van der Waals surface area contributed by atoms with Gasteiger partial charge in [-0.2, -0.15) is 0 Å². The molecule has 0 N–H and O–H groups in total. The van der Waals surface area contributed by atoms with Crippen molar-refractivity contribution in [3.8, 4) is 33.4 Å². The number of nitrogens with zero attached hydrogens (tertiary/aromatic N) is 4. The molecule has 6 heteroatoms. The van der Waals surface area contributed by atoms with Crippen LogP contribution in [0.25, 0.3) is 33.4 Å². The third kappa shape index (κ3) is 6.79. The summed E-state index contributed by atoms with van der Waals surface area (Å²) in [6.45, 7) is 0. The Morgan fingerprint density at radius 3 is 0.865 bits per heavy atom. The largest absolute Gasteiger partial charge is 0.311 e. The number of anilines is 6. The molecule has 0 fully saturated rings. The van der Waals surface area contributed by atoms with E-state index in [-0.39, 0.29) is 0 Å². The first kappa shape index (κ1) is 33.3. The van der Waals surface area contributed by atoms with Gasteiger partial charge in [0.25, 0.3) is 0 Å². The number of para-hydroxylation sites is 4. The number of benzene rings is 6. The van der Waals surface area contributed by atoms with Crippen LogP contribution in [-0.4, -0.2) is 9.97 Å². The van der Waals surface area contributed by atoms with E-state index in [0.29, 0.717) is 0 Å². The number of pyridine rings is 2. The van der Waals surface area contributed by atoms with Crippen LogP contribution >= 0.6 is 31.9 Å². The molecule has 0 saturated carbocycles. The first-order valence-corrected chi connectivity index (χ1v) is 18.5. The Labute approximate surface area is 321 Å². The average Bonchev–Trinajstić information content (AvgIpc) is 3.20. The maximum absolute atomic E-state index is 4.63. The third-order valence-corrected chi connectivity index (χ3v) is 10.2. The molecule has 4 nitrogen and oxygen atoms in total. The summed E-state index contributed by atoms with van der Waals surface area (Å²) in [5.41, 5.74) is 12.7. The zero-order valence-corrected chi connectivity index (χ0v) is 31.2. The molecule has 0 unspecified atom stereocenters. The van der Waals surface area contributed by atoms with Gasteiger partial charge in [-0.1, -0.05) is 97.1 Å². The van der Waals surface area contributed by atoms with Crippen molar-refractivity contribution in [2.75, 3.05) is 9.80 Å². The fraction of sp³-hybridized carbons (Fsp3) is 0. The molecule has 8 aromatic rings. The normalized spacial score (nSPS) is 10.9. The average molecular weight is 801 g/mol. The maximum atomic E-state index is 4.63. The van der Waals surface area contributed by atoms with Crippen molar-refractivity contribution in [2.24, 2.45) is 0 Å². The van der Waals surface area contributed by atoms with E-state index in [4.69, 9.17) is 0 Å². The minimum absolute atomic E-state index is 0.897. The molecule has 0 aliphatic rings. The molecule has 0 atom stereocenters. The van der Waals surface area contributed by atoms with Crippen molar-refractivity contribution in [1.82, 2.24) is 9.97 Å². The lowest BCUT2D eigenvalue weighted by atomic mass is 9.91. The van der Waals surface area contributed by atoms with E-state index < -0.39 is 0 Å².